The number of nitrogens with zero attached hydrogens (tertiary/aromatic N) is 2. The van der Waals surface area contributed by atoms with Crippen molar-refractivity contribution >= 4 is 45.0 Å². The van der Waals surface area contributed by atoms with Gasteiger partial charge in [-0.3, -0.25) is 4.79 Å². The second-order valence-corrected chi connectivity index (χ2v) is 7.28. The average molecular weight is 333 g/mol. The van der Waals surface area contributed by atoms with Crippen LogP contribution >= 0.6 is 23.1 Å². The largest absolute Gasteiger partial charge is 0.360 e. The van der Waals surface area contributed by atoms with Crippen LogP contribution in [0.3, 0.4) is 0 Å². The van der Waals surface area contributed by atoms with Crippen molar-refractivity contribution in [3.63, 3.8) is 0 Å². The van der Waals surface area contributed by atoms with E-state index in [1.807, 2.05) is 25.1 Å². The first kappa shape index (κ1) is 15.1. The van der Waals surface area contributed by atoms with Gasteiger partial charge in [0, 0.05) is 11.8 Å². The lowest BCUT2D eigenvalue weighted by Gasteiger charge is -2.08. The molecule has 114 valence electrons. The molecule has 1 unspecified atom stereocenters. The van der Waals surface area contributed by atoms with Crippen molar-refractivity contribution in [1.82, 2.24) is 10.1 Å². The standard InChI is InChI=1S/C15H15N3O2S2/c1-9-7-13(18-20-9)17-15(19)10(2)21-8-14-16-11-5-3-4-6-12(11)22-14/h3-7,10H,8H2,1-2H3,(H,17,18,19). The molecule has 1 amide bonds. The Morgan fingerprint density at radius 2 is 2.27 bits per heavy atom. The molecule has 0 saturated heterocycles. The van der Waals surface area contributed by atoms with Gasteiger partial charge in [-0.15, -0.1) is 23.1 Å². The molecule has 7 heteroatoms. The molecule has 1 aromatic carbocycles. The molecule has 0 aliphatic carbocycles. The van der Waals surface area contributed by atoms with Gasteiger partial charge in [0.15, 0.2) is 5.82 Å². The van der Waals surface area contributed by atoms with E-state index in [9.17, 15) is 4.79 Å². The monoisotopic (exact) mass is 333 g/mol. The van der Waals surface area contributed by atoms with Crippen molar-refractivity contribution in [3.05, 3.63) is 41.1 Å². The number of thiazole rings is 1. The number of nitrogens with one attached hydrogen (secondary N) is 1. The van der Waals surface area contributed by atoms with E-state index in [0.29, 0.717) is 17.3 Å². The normalized spacial score (nSPS) is 12.5. The van der Waals surface area contributed by atoms with Gasteiger partial charge >= 0.3 is 0 Å². The predicted molar refractivity (Wildman–Crippen MR) is 90.2 cm³/mol. The molecule has 0 aliphatic heterocycles. The number of benzene rings is 1. The molecule has 0 aliphatic rings. The van der Waals surface area contributed by atoms with Crippen molar-refractivity contribution in [3.8, 4) is 0 Å². The Balaban J connectivity index is 1.57. The van der Waals surface area contributed by atoms with E-state index < -0.39 is 0 Å². The maximum absolute atomic E-state index is 12.1. The topological polar surface area (TPSA) is 68.0 Å². The molecule has 0 bridgehead atoms. The Labute approximate surface area is 136 Å². The molecule has 3 rings (SSSR count). The molecule has 2 aromatic heterocycles. The fourth-order valence-electron chi connectivity index (χ4n) is 1.91. The Morgan fingerprint density at radius 3 is 3.00 bits per heavy atom. The highest BCUT2D eigenvalue weighted by atomic mass is 32.2. The number of para-hydroxylation sites is 1. The van der Waals surface area contributed by atoms with E-state index in [1.54, 1.807) is 36.1 Å². The van der Waals surface area contributed by atoms with Crippen LogP contribution in [0.4, 0.5) is 5.82 Å². The van der Waals surface area contributed by atoms with Crippen LogP contribution in [0.1, 0.15) is 17.7 Å². The van der Waals surface area contributed by atoms with Gasteiger partial charge in [0.1, 0.15) is 10.8 Å². The molecule has 1 atom stereocenters. The third-order valence-corrected chi connectivity index (χ3v) is 5.42. The fourth-order valence-corrected chi connectivity index (χ4v) is 3.78. The number of thioether (sulfide) groups is 1. The maximum atomic E-state index is 12.1. The van der Waals surface area contributed by atoms with Crippen LogP contribution in [0.15, 0.2) is 34.9 Å². The lowest BCUT2D eigenvalue weighted by Crippen LogP contribution is -2.22. The molecule has 2 heterocycles. The molecule has 1 N–H and O–H groups in total. The first-order valence-corrected chi connectivity index (χ1v) is 8.68. The van der Waals surface area contributed by atoms with Crippen LogP contribution in [-0.2, 0) is 10.5 Å². The summed E-state index contributed by atoms with van der Waals surface area (Å²) in [4.78, 5) is 16.7. The molecule has 0 fully saturated rings. The second-order valence-electron chi connectivity index (χ2n) is 4.84. The van der Waals surface area contributed by atoms with E-state index in [-0.39, 0.29) is 11.2 Å². The number of carbonyl (C=O) groups excluding carboxylic acids is 1. The zero-order chi connectivity index (χ0) is 15.5. The van der Waals surface area contributed by atoms with E-state index in [2.05, 4.69) is 21.5 Å². The predicted octanol–water partition coefficient (Wildman–Crippen LogP) is 3.85. The third kappa shape index (κ3) is 3.48. The van der Waals surface area contributed by atoms with Gasteiger partial charge in [0.2, 0.25) is 5.91 Å². The fraction of sp³-hybridized carbons (Fsp3) is 0.267. The summed E-state index contributed by atoms with van der Waals surface area (Å²) in [5.41, 5.74) is 1.01. The second kappa shape index (κ2) is 6.50. The zero-order valence-electron chi connectivity index (χ0n) is 12.2. The van der Waals surface area contributed by atoms with Crippen LogP contribution in [0.2, 0.25) is 0 Å². The Morgan fingerprint density at radius 1 is 1.45 bits per heavy atom. The van der Waals surface area contributed by atoms with Crippen LogP contribution in [0.25, 0.3) is 10.2 Å². The van der Waals surface area contributed by atoms with Crippen molar-refractivity contribution in [2.75, 3.05) is 5.32 Å². The quantitative estimate of drug-likeness (QED) is 0.768. The van der Waals surface area contributed by atoms with Gasteiger partial charge in [0.05, 0.1) is 15.5 Å². The summed E-state index contributed by atoms with van der Waals surface area (Å²) in [6, 6.07) is 9.75. The van der Waals surface area contributed by atoms with Crippen LogP contribution in [-0.4, -0.2) is 21.3 Å². The molecule has 22 heavy (non-hydrogen) atoms. The van der Waals surface area contributed by atoms with E-state index >= 15 is 0 Å². The number of amides is 1. The Kier molecular flexibility index (Phi) is 4.44. The number of hydrogen-bond donors (Lipinski definition) is 1. The van der Waals surface area contributed by atoms with Gasteiger partial charge < -0.3 is 9.84 Å². The highest BCUT2D eigenvalue weighted by molar-refractivity contribution is 7.99. The van der Waals surface area contributed by atoms with E-state index in [1.165, 1.54) is 4.70 Å². The first-order valence-electron chi connectivity index (χ1n) is 6.82. The maximum Gasteiger partial charge on any atom is 0.238 e. The minimum atomic E-state index is -0.191. The molecule has 3 aromatic rings. The number of fused-ring (bicyclic) bond motifs is 1. The molecule has 0 saturated carbocycles. The lowest BCUT2D eigenvalue weighted by molar-refractivity contribution is -0.115. The highest BCUT2D eigenvalue weighted by Crippen LogP contribution is 2.26. The van der Waals surface area contributed by atoms with Crippen molar-refractivity contribution in [1.29, 1.82) is 0 Å². The summed E-state index contributed by atoms with van der Waals surface area (Å²) in [5, 5.41) is 7.34. The number of anilines is 1. The minimum Gasteiger partial charge on any atom is -0.360 e. The summed E-state index contributed by atoms with van der Waals surface area (Å²) < 4.78 is 6.10. The molecular formula is C15H15N3O2S2. The molecule has 0 spiro atoms. The lowest BCUT2D eigenvalue weighted by atomic mass is 10.3. The highest BCUT2D eigenvalue weighted by Gasteiger charge is 2.16. The van der Waals surface area contributed by atoms with Crippen molar-refractivity contribution in [2.45, 2.75) is 24.9 Å². The first-order chi connectivity index (χ1) is 10.6. The Bertz CT molecular complexity index is 764. The SMILES string of the molecule is Cc1cc(NC(=O)C(C)SCc2nc3ccccc3s2)no1. The number of aryl methyl sites for hydroxylation is 1. The van der Waals surface area contributed by atoms with Crippen LogP contribution < -0.4 is 5.32 Å². The minimum absolute atomic E-state index is 0.0839. The Hall–Kier alpha value is -1.86. The van der Waals surface area contributed by atoms with Gasteiger partial charge in [-0.25, -0.2) is 4.98 Å². The van der Waals surface area contributed by atoms with Gasteiger partial charge in [-0.1, -0.05) is 17.3 Å². The van der Waals surface area contributed by atoms with E-state index in [4.69, 9.17) is 4.52 Å². The molecular weight excluding hydrogens is 318 g/mol. The molecule has 0 radical (unpaired) electrons. The summed E-state index contributed by atoms with van der Waals surface area (Å²) in [6.07, 6.45) is 0. The summed E-state index contributed by atoms with van der Waals surface area (Å²) in [7, 11) is 0. The molecule has 5 nitrogen and oxygen atoms in total. The smallest absolute Gasteiger partial charge is 0.238 e. The van der Waals surface area contributed by atoms with Gasteiger partial charge in [-0.2, -0.15) is 0 Å². The average Bonchev–Trinajstić information content (AvgIpc) is 3.10. The van der Waals surface area contributed by atoms with Gasteiger partial charge in [0.25, 0.3) is 0 Å². The third-order valence-electron chi connectivity index (χ3n) is 3.04. The van der Waals surface area contributed by atoms with Gasteiger partial charge in [-0.05, 0) is 26.0 Å². The number of carbonyl (C=O) groups is 1. The van der Waals surface area contributed by atoms with Crippen LogP contribution in [0.5, 0.6) is 0 Å². The number of aromatic nitrogens is 2. The number of rotatable bonds is 5. The zero-order valence-corrected chi connectivity index (χ0v) is 13.8. The van der Waals surface area contributed by atoms with Crippen molar-refractivity contribution in [2.24, 2.45) is 0 Å². The summed E-state index contributed by atoms with van der Waals surface area (Å²) in [6.45, 7) is 3.66. The summed E-state index contributed by atoms with van der Waals surface area (Å²) in [5.74, 6) is 1.76. The van der Waals surface area contributed by atoms with Crippen LogP contribution in [0, 0.1) is 6.92 Å². The number of hydrogen-bond acceptors (Lipinski definition) is 6. The van der Waals surface area contributed by atoms with E-state index in [0.717, 1.165) is 10.5 Å². The van der Waals surface area contributed by atoms with Crippen molar-refractivity contribution < 1.29 is 9.32 Å². The summed E-state index contributed by atoms with van der Waals surface area (Å²) >= 11 is 3.22.